The summed E-state index contributed by atoms with van der Waals surface area (Å²) in [6.45, 7) is 9.70. The Morgan fingerprint density at radius 2 is 1.88 bits per heavy atom. The van der Waals surface area contributed by atoms with Crippen LogP contribution in [0.3, 0.4) is 0 Å². The molecule has 1 aromatic carbocycles. The molecule has 9 heteroatoms. The third-order valence-corrected chi connectivity index (χ3v) is 5.95. The molecule has 176 valence electrons. The number of rotatable bonds is 5. The van der Waals surface area contributed by atoms with Gasteiger partial charge in [0.15, 0.2) is 0 Å². The number of thiocarbonyl (C=S) groups is 2. The molecule has 2 aliphatic rings. The average molecular weight is 489 g/mol. The first-order valence-corrected chi connectivity index (χ1v) is 11.5. The quantitative estimate of drug-likeness (QED) is 0.537. The zero-order valence-electron chi connectivity index (χ0n) is 19.3. The Labute approximate surface area is 204 Å². The van der Waals surface area contributed by atoms with Crippen molar-refractivity contribution < 1.29 is 24.2 Å². The highest BCUT2D eigenvalue weighted by Crippen LogP contribution is 2.37. The molecule has 1 fully saturated rings. The molecule has 2 N–H and O–H groups in total. The molecule has 7 nitrogen and oxygen atoms in total. The van der Waals surface area contributed by atoms with Gasteiger partial charge in [0.05, 0.1) is 5.69 Å². The van der Waals surface area contributed by atoms with Gasteiger partial charge in [0.1, 0.15) is 28.0 Å². The summed E-state index contributed by atoms with van der Waals surface area (Å²) in [5.74, 6) is -0.316. The van der Waals surface area contributed by atoms with Crippen LogP contribution in [0.2, 0.25) is 0 Å². The Morgan fingerprint density at radius 1 is 1.24 bits per heavy atom. The second kappa shape index (κ2) is 9.61. The van der Waals surface area contributed by atoms with E-state index < -0.39 is 23.7 Å². The SMILES string of the molecule is CC(C)C1=C(O)C=C2OC(=O)N(c3ccc(CCNC(=O)OC(C)(C)C)cc3)C(=S)C2C1=S. The number of anilines is 1. The summed E-state index contributed by atoms with van der Waals surface area (Å²) in [5.41, 5.74) is 1.61. The lowest BCUT2D eigenvalue weighted by Gasteiger charge is -2.37. The van der Waals surface area contributed by atoms with Gasteiger partial charge in [0.25, 0.3) is 0 Å². The number of benzene rings is 1. The molecule has 3 rings (SSSR count). The highest BCUT2D eigenvalue weighted by molar-refractivity contribution is 7.82. The normalized spacial score (nSPS) is 18.7. The van der Waals surface area contributed by atoms with Crippen LogP contribution in [0.15, 0.2) is 47.4 Å². The fourth-order valence-corrected chi connectivity index (χ4v) is 4.70. The summed E-state index contributed by atoms with van der Waals surface area (Å²) < 4.78 is 10.7. The highest BCUT2D eigenvalue weighted by Gasteiger charge is 2.43. The minimum Gasteiger partial charge on any atom is -0.507 e. The van der Waals surface area contributed by atoms with Gasteiger partial charge in [0.2, 0.25) is 0 Å². The maximum Gasteiger partial charge on any atom is 0.424 e. The van der Waals surface area contributed by atoms with Crippen molar-refractivity contribution in [2.75, 3.05) is 11.4 Å². The van der Waals surface area contributed by atoms with Crippen molar-refractivity contribution in [2.24, 2.45) is 11.8 Å². The summed E-state index contributed by atoms with van der Waals surface area (Å²) >= 11 is 11.3. The van der Waals surface area contributed by atoms with Crippen molar-refractivity contribution in [1.29, 1.82) is 0 Å². The Hall–Kier alpha value is -2.78. The van der Waals surface area contributed by atoms with Gasteiger partial charge >= 0.3 is 12.2 Å². The number of nitrogens with zero attached hydrogens (tertiary/aromatic N) is 1. The standard InChI is InChI=1S/C24H28N2O5S2/c1-13(2)18-16(27)12-17-19(20(18)32)21(33)26(23(29)30-17)15-8-6-14(7-9-15)10-11-25-22(28)31-24(3,4)5/h6-9,12-13,19,27H,10-11H2,1-5H3,(H,25,28). The molecule has 1 atom stereocenters. The number of carbonyl (C=O) groups excluding carboxylic acids is 2. The summed E-state index contributed by atoms with van der Waals surface area (Å²) in [5, 5.41) is 13.0. The first-order chi connectivity index (χ1) is 15.4. The van der Waals surface area contributed by atoms with Crippen LogP contribution in [-0.2, 0) is 15.9 Å². The number of nitrogens with one attached hydrogen (secondary N) is 1. The van der Waals surface area contributed by atoms with Crippen LogP contribution in [0.5, 0.6) is 0 Å². The van der Waals surface area contributed by atoms with Crippen LogP contribution in [0.25, 0.3) is 0 Å². The van der Waals surface area contributed by atoms with Gasteiger partial charge in [-0.3, -0.25) is 0 Å². The summed E-state index contributed by atoms with van der Waals surface area (Å²) in [7, 11) is 0. The monoisotopic (exact) mass is 488 g/mol. The van der Waals surface area contributed by atoms with E-state index in [4.69, 9.17) is 33.9 Å². The van der Waals surface area contributed by atoms with Crippen molar-refractivity contribution in [1.82, 2.24) is 5.32 Å². The van der Waals surface area contributed by atoms with Gasteiger partial charge in [-0.2, -0.15) is 0 Å². The zero-order valence-corrected chi connectivity index (χ0v) is 20.9. The summed E-state index contributed by atoms with van der Waals surface area (Å²) in [6.07, 6.45) is 0.910. The first kappa shape index (κ1) is 24.9. The number of amides is 2. The van der Waals surface area contributed by atoms with Gasteiger partial charge in [-0.15, -0.1) is 0 Å². The molecule has 0 saturated carbocycles. The molecule has 0 aromatic heterocycles. The van der Waals surface area contributed by atoms with Crippen LogP contribution in [-0.4, -0.2) is 39.3 Å². The molecule has 1 aromatic rings. The van der Waals surface area contributed by atoms with Gasteiger partial charge in [-0.25, -0.2) is 14.5 Å². The van der Waals surface area contributed by atoms with E-state index in [1.165, 1.54) is 11.0 Å². The number of hydrogen-bond donors (Lipinski definition) is 2. The zero-order chi connectivity index (χ0) is 24.5. The molecular weight excluding hydrogens is 460 g/mol. The fourth-order valence-electron chi connectivity index (χ4n) is 3.64. The van der Waals surface area contributed by atoms with E-state index in [0.29, 0.717) is 34.1 Å². The van der Waals surface area contributed by atoms with Crippen LogP contribution in [0.4, 0.5) is 15.3 Å². The Kier molecular flexibility index (Phi) is 7.23. The molecule has 1 aliphatic heterocycles. The Morgan fingerprint density at radius 3 is 2.45 bits per heavy atom. The molecule has 2 amide bonds. The van der Waals surface area contributed by atoms with Crippen molar-refractivity contribution in [2.45, 2.75) is 46.6 Å². The molecule has 0 radical (unpaired) electrons. The Balaban J connectivity index is 1.70. The van der Waals surface area contributed by atoms with Crippen molar-refractivity contribution in [3.8, 4) is 0 Å². The average Bonchev–Trinajstić information content (AvgIpc) is 2.66. The van der Waals surface area contributed by atoms with Crippen LogP contribution >= 0.6 is 24.4 Å². The molecule has 1 saturated heterocycles. The highest BCUT2D eigenvalue weighted by atomic mass is 32.1. The lowest BCUT2D eigenvalue weighted by Crippen LogP contribution is -2.49. The summed E-state index contributed by atoms with van der Waals surface area (Å²) in [4.78, 5) is 26.6. The van der Waals surface area contributed by atoms with Crippen LogP contribution in [0.1, 0.15) is 40.2 Å². The Bertz CT molecular complexity index is 1050. The van der Waals surface area contributed by atoms with E-state index in [0.717, 1.165) is 5.56 Å². The van der Waals surface area contributed by atoms with E-state index in [-0.39, 0.29) is 17.4 Å². The van der Waals surface area contributed by atoms with Gasteiger partial charge in [-0.05, 0) is 50.8 Å². The number of fused-ring (bicyclic) bond motifs is 1. The lowest BCUT2D eigenvalue weighted by molar-refractivity contribution is 0.0528. The number of carbonyl (C=O) groups is 2. The predicted molar refractivity (Wildman–Crippen MR) is 135 cm³/mol. The molecular formula is C24H28N2O5S2. The second-order valence-corrected chi connectivity index (χ2v) is 10.0. The van der Waals surface area contributed by atoms with Gasteiger partial charge in [-0.1, -0.05) is 50.4 Å². The topological polar surface area (TPSA) is 88.1 Å². The third-order valence-electron chi connectivity index (χ3n) is 5.08. The smallest absolute Gasteiger partial charge is 0.424 e. The number of hydrogen-bond acceptors (Lipinski definition) is 7. The number of aliphatic hydroxyl groups is 1. The molecule has 33 heavy (non-hydrogen) atoms. The number of ether oxygens (including phenoxy) is 2. The maximum absolute atomic E-state index is 12.7. The third kappa shape index (κ3) is 5.59. The van der Waals surface area contributed by atoms with E-state index in [2.05, 4.69) is 5.32 Å². The lowest BCUT2D eigenvalue weighted by atomic mass is 9.84. The van der Waals surface area contributed by atoms with Gasteiger partial charge < -0.3 is 19.9 Å². The fraction of sp³-hybridized carbons (Fsp3) is 0.417. The molecule has 1 heterocycles. The van der Waals surface area contributed by atoms with Crippen molar-refractivity contribution in [3.63, 3.8) is 0 Å². The van der Waals surface area contributed by atoms with Crippen LogP contribution in [0, 0.1) is 11.8 Å². The predicted octanol–water partition coefficient (Wildman–Crippen LogP) is 5.39. The largest absolute Gasteiger partial charge is 0.507 e. The van der Waals surface area contributed by atoms with E-state index >= 15 is 0 Å². The molecule has 1 aliphatic carbocycles. The molecule has 0 bridgehead atoms. The second-order valence-electron chi connectivity index (χ2n) is 9.18. The molecule has 1 unspecified atom stereocenters. The minimum absolute atomic E-state index is 0.00208. The van der Waals surface area contributed by atoms with E-state index in [1.54, 1.807) is 12.1 Å². The van der Waals surface area contributed by atoms with Crippen LogP contribution < -0.4 is 10.2 Å². The number of alkyl carbamates (subject to hydrolysis) is 1. The first-order valence-electron chi connectivity index (χ1n) is 10.7. The minimum atomic E-state index is -0.648. The molecule has 0 spiro atoms. The summed E-state index contributed by atoms with van der Waals surface area (Å²) in [6, 6.07) is 7.26. The number of aliphatic hydroxyl groups excluding tert-OH is 1. The number of allylic oxidation sites excluding steroid dienone is 2. The van der Waals surface area contributed by atoms with E-state index in [1.807, 2.05) is 46.8 Å². The van der Waals surface area contributed by atoms with Crippen molar-refractivity contribution >= 4 is 52.2 Å². The van der Waals surface area contributed by atoms with Gasteiger partial charge in [0, 0.05) is 23.1 Å². The maximum atomic E-state index is 12.7. The van der Waals surface area contributed by atoms with E-state index in [9.17, 15) is 14.7 Å². The van der Waals surface area contributed by atoms with Crippen molar-refractivity contribution in [3.05, 3.63) is 53.0 Å².